The van der Waals surface area contributed by atoms with Crippen molar-refractivity contribution in [3.05, 3.63) is 28.8 Å². The molecule has 1 aliphatic rings. The van der Waals surface area contributed by atoms with E-state index in [0.29, 0.717) is 0 Å². The van der Waals surface area contributed by atoms with Crippen molar-refractivity contribution in [3.8, 4) is 0 Å². The van der Waals surface area contributed by atoms with Gasteiger partial charge in [0.25, 0.3) is 0 Å². The second-order valence-corrected chi connectivity index (χ2v) is 5.54. The smallest absolute Gasteiger partial charge is 0.235 e. The quantitative estimate of drug-likeness (QED) is 0.850. The van der Waals surface area contributed by atoms with Gasteiger partial charge in [-0.15, -0.1) is 0 Å². The van der Waals surface area contributed by atoms with Gasteiger partial charge >= 0.3 is 0 Å². The maximum absolute atomic E-state index is 12.5. The van der Waals surface area contributed by atoms with Crippen LogP contribution in [0.25, 0.3) is 0 Å². The highest BCUT2D eigenvalue weighted by Gasteiger charge is 2.45. The van der Waals surface area contributed by atoms with E-state index in [1.807, 2.05) is 0 Å². The van der Waals surface area contributed by atoms with E-state index in [1.165, 1.54) is 16.7 Å². The van der Waals surface area contributed by atoms with Crippen LogP contribution in [0.15, 0.2) is 12.1 Å². The SMILES string of the molecule is CCCC1(CCC)C(=O)Nc2c(C)cc(C)cc21. The fourth-order valence-corrected chi connectivity index (χ4v) is 3.34. The van der Waals surface area contributed by atoms with E-state index in [4.69, 9.17) is 0 Å². The summed E-state index contributed by atoms with van der Waals surface area (Å²) in [6, 6.07) is 4.35. The minimum absolute atomic E-state index is 0.204. The number of aryl methyl sites for hydroxylation is 2. The summed E-state index contributed by atoms with van der Waals surface area (Å²) in [7, 11) is 0. The minimum atomic E-state index is -0.282. The van der Waals surface area contributed by atoms with Crippen LogP contribution >= 0.6 is 0 Å². The molecule has 1 aromatic carbocycles. The number of nitrogens with one attached hydrogen (secondary N) is 1. The third-order valence-electron chi connectivity index (χ3n) is 4.02. The van der Waals surface area contributed by atoms with E-state index in [2.05, 4.69) is 45.1 Å². The lowest BCUT2D eigenvalue weighted by Gasteiger charge is -2.27. The summed E-state index contributed by atoms with van der Waals surface area (Å²) in [5.74, 6) is 0.204. The summed E-state index contributed by atoms with van der Waals surface area (Å²) in [4.78, 5) is 12.5. The Hall–Kier alpha value is -1.31. The van der Waals surface area contributed by atoms with E-state index in [-0.39, 0.29) is 11.3 Å². The molecule has 2 heteroatoms. The second-order valence-electron chi connectivity index (χ2n) is 5.54. The first-order valence-electron chi connectivity index (χ1n) is 6.98. The Bertz CT molecular complexity index is 470. The zero-order valence-corrected chi connectivity index (χ0v) is 11.9. The Morgan fingerprint density at radius 3 is 2.28 bits per heavy atom. The van der Waals surface area contributed by atoms with Gasteiger partial charge in [-0.1, -0.05) is 44.4 Å². The monoisotopic (exact) mass is 245 g/mol. The molecule has 0 fully saturated rings. The molecular formula is C16H23NO. The van der Waals surface area contributed by atoms with Gasteiger partial charge in [0.15, 0.2) is 0 Å². The van der Waals surface area contributed by atoms with Crippen LogP contribution in [0.3, 0.4) is 0 Å². The summed E-state index contributed by atoms with van der Waals surface area (Å²) < 4.78 is 0. The highest BCUT2D eigenvalue weighted by Crippen LogP contribution is 2.46. The average Bonchev–Trinajstić information content (AvgIpc) is 2.56. The molecule has 2 rings (SSSR count). The molecule has 1 aliphatic heterocycles. The van der Waals surface area contributed by atoms with Crippen molar-refractivity contribution in [2.45, 2.75) is 58.8 Å². The molecule has 98 valence electrons. The van der Waals surface area contributed by atoms with Crippen molar-refractivity contribution in [1.82, 2.24) is 0 Å². The highest BCUT2D eigenvalue weighted by molar-refractivity contribution is 6.07. The number of carbonyl (C=O) groups is 1. The summed E-state index contributed by atoms with van der Waals surface area (Å²) in [5.41, 5.74) is 4.45. The van der Waals surface area contributed by atoms with Crippen molar-refractivity contribution in [2.24, 2.45) is 0 Å². The van der Waals surface area contributed by atoms with Crippen LogP contribution in [0.4, 0.5) is 5.69 Å². The van der Waals surface area contributed by atoms with Gasteiger partial charge in [0, 0.05) is 5.69 Å². The molecule has 2 nitrogen and oxygen atoms in total. The van der Waals surface area contributed by atoms with Crippen molar-refractivity contribution in [1.29, 1.82) is 0 Å². The van der Waals surface area contributed by atoms with Gasteiger partial charge in [-0.3, -0.25) is 4.79 Å². The second kappa shape index (κ2) is 4.75. The van der Waals surface area contributed by atoms with Crippen molar-refractivity contribution < 1.29 is 4.79 Å². The van der Waals surface area contributed by atoms with Crippen LogP contribution in [0.1, 0.15) is 56.2 Å². The molecule has 0 saturated heterocycles. The van der Waals surface area contributed by atoms with Crippen LogP contribution in [0.2, 0.25) is 0 Å². The van der Waals surface area contributed by atoms with Crippen molar-refractivity contribution in [3.63, 3.8) is 0 Å². The first-order valence-corrected chi connectivity index (χ1v) is 6.98. The first-order chi connectivity index (χ1) is 8.55. The zero-order valence-electron chi connectivity index (χ0n) is 11.9. The molecular weight excluding hydrogens is 222 g/mol. The number of hydrogen-bond donors (Lipinski definition) is 1. The van der Waals surface area contributed by atoms with Gasteiger partial charge in [0.2, 0.25) is 5.91 Å². The highest BCUT2D eigenvalue weighted by atomic mass is 16.2. The van der Waals surface area contributed by atoms with Gasteiger partial charge in [0.1, 0.15) is 0 Å². The van der Waals surface area contributed by atoms with Gasteiger partial charge in [-0.2, -0.15) is 0 Å². The summed E-state index contributed by atoms with van der Waals surface area (Å²) in [5, 5.41) is 3.11. The van der Waals surface area contributed by atoms with Crippen LogP contribution in [0.5, 0.6) is 0 Å². The number of rotatable bonds is 4. The number of fused-ring (bicyclic) bond motifs is 1. The van der Waals surface area contributed by atoms with Crippen LogP contribution in [-0.4, -0.2) is 5.91 Å². The molecule has 0 aromatic heterocycles. The molecule has 0 spiro atoms. The topological polar surface area (TPSA) is 29.1 Å². The molecule has 0 aliphatic carbocycles. The van der Waals surface area contributed by atoms with Gasteiger partial charge in [0.05, 0.1) is 5.41 Å². The van der Waals surface area contributed by atoms with E-state index < -0.39 is 0 Å². The summed E-state index contributed by atoms with van der Waals surface area (Å²) in [6.07, 6.45) is 3.98. The maximum Gasteiger partial charge on any atom is 0.235 e. The van der Waals surface area contributed by atoms with Gasteiger partial charge < -0.3 is 5.32 Å². The van der Waals surface area contributed by atoms with Crippen LogP contribution < -0.4 is 5.32 Å². The number of carbonyl (C=O) groups excluding carboxylic acids is 1. The van der Waals surface area contributed by atoms with E-state index in [1.54, 1.807) is 0 Å². The third-order valence-corrected chi connectivity index (χ3v) is 4.02. The Morgan fingerprint density at radius 2 is 1.72 bits per heavy atom. The Balaban J connectivity index is 2.60. The molecule has 18 heavy (non-hydrogen) atoms. The van der Waals surface area contributed by atoms with Gasteiger partial charge in [-0.05, 0) is 37.8 Å². The normalized spacial score (nSPS) is 16.6. The average molecular weight is 245 g/mol. The lowest BCUT2D eigenvalue weighted by molar-refractivity contribution is -0.121. The summed E-state index contributed by atoms with van der Waals surface area (Å²) >= 11 is 0. The minimum Gasteiger partial charge on any atom is -0.325 e. The predicted octanol–water partition coefficient (Wildman–Crippen LogP) is 4.09. The lowest BCUT2D eigenvalue weighted by atomic mass is 9.74. The molecule has 0 atom stereocenters. The largest absolute Gasteiger partial charge is 0.325 e. The molecule has 1 heterocycles. The number of amides is 1. The first kappa shape index (κ1) is 13.1. The Morgan fingerprint density at radius 1 is 1.11 bits per heavy atom. The number of benzene rings is 1. The van der Waals surface area contributed by atoms with E-state index >= 15 is 0 Å². The molecule has 1 amide bonds. The molecule has 1 aromatic rings. The van der Waals surface area contributed by atoms with Crippen LogP contribution in [-0.2, 0) is 10.2 Å². The maximum atomic E-state index is 12.5. The summed E-state index contributed by atoms with van der Waals surface area (Å²) in [6.45, 7) is 8.51. The molecule has 0 bridgehead atoms. The van der Waals surface area contributed by atoms with Crippen molar-refractivity contribution in [2.75, 3.05) is 5.32 Å². The zero-order chi connectivity index (χ0) is 13.3. The standard InChI is InChI=1S/C16H23NO/c1-5-7-16(8-6-2)13-10-11(3)9-12(4)14(13)17-15(16)18/h9-10H,5-8H2,1-4H3,(H,17,18). The molecule has 0 radical (unpaired) electrons. The van der Waals surface area contributed by atoms with E-state index in [0.717, 1.165) is 31.4 Å². The lowest BCUT2D eigenvalue weighted by Crippen LogP contribution is -2.34. The fourth-order valence-electron chi connectivity index (χ4n) is 3.34. The van der Waals surface area contributed by atoms with E-state index in [9.17, 15) is 4.79 Å². The van der Waals surface area contributed by atoms with Crippen LogP contribution in [0, 0.1) is 13.8 Å². The molecule has 0 unspecified atom stereocenters. The number of anilines is 1. The van der Waals surface area contributed by atoms with Crippen molar-refractivity contribution >= 4 is 11.6 Å². The fraction of sp³-hybridized carbons (Fsp3) is 0.562. The Kier molecular flexibility index (Phi) is 3.47. The predicted molar refractivity (Wildman–Crippen MR) is 76.0 cm³/mol. The Labute approximate surface area is 110 Å². The molecule has 1 N–H and O–H groups in total. The third kappa shape index (κ3) is 1.84. The van der Waals surface area contributed by atoms with Gasteiger partial charge in [-0.25, -0.2) is 0 Å². The molecule has 0 saturated carbocycles. The number of hydrogen-bond acceptors (Lipinski definition) is 1.